The van der Waals surface area contributed by atoms with E-state index < -0.39 is 49.5 Å². The second kappa shape index (κ2) is 12.0. The standard InChI is InChI=1S/C34H52O10/c1-16-11-25(43-31(41)21(16)14-35)17(2)22-7-8-23-20-6-5-18-12-19(42-32-30(40)29(39)28(38)26(15-36)44-32)13-27(37)34(18,4)24(20)9-10-33(22,23)3/h5,17,19-20,22-30,32,35-40H,6-15H2,1-4H3/t17-,19-,20?,22?,23?,24?,25?,26?,27+,28?,29?,30?,32?,33-,34+/m1/s1. The van der Waals surface area contributed by atoms with E-state index in [1.165, 1.54) is 5.57 Å². The van der Waals surface area contributed by atoms with Crippen LogP contribution in [0.4, 0.5) is 0 Å². The monoisotopic (exact) mass is 620 g/mol. The van der Waals surface area contributed by atoms with Crippen molar-refractivity contribution in [3.63, 3.8) is 0 Å². The molecule has 2 aliphatic heterocycles. The fourth-order valence-corrected chi connectivity index (χ4v) is 10.7. The van der Waals surface area contributed by atoms with E-state index >= 15 is 0 Å². The molecule has 15 atom stereocenters. The molecule has 10 heteroatoms. The molecule has 0 bridgehead atoms. The van der Waals surface area contributed by atoms with Gasteiger partial charge in [0.2, 0.25) is 0 Å². The number of aliphatic hydroxyl groups excluding tert-OH is 6. The highest BCUT2D eigenvalue weighted by Gasteiger charge is 2.62. The fourth-order valence-electron chi connectivity index (χ4n) is 10.7. The second-order valence-electron chi connectivity index (χ2n) is 15.2. The largest absolute Gasteiger partial charge is 0.458 e. The maximum Gasteiger partial charge on any atom is 0.336 e. The van der Waals surface area contributed by atoms with Crippen molar-refractivity contribution in [3.05, 3.63) is 22.8 Å². The van der Waals surface area contributed by atoms with Crippen LogP contribution in [-0.4, -0.2) is 98.8 Å². The van der Waals surface area contributed by atoms with Crippen LogP contribution in [-0.2, 0) is 19.0 Å². The number of ether oxygens (including phenoxy) is 3. The van der Waals surface area contributed by atoms with Gasteiger partial charge in [-0.05, 0) is 80.5 Å². The van der Waals surface area contributed by atoms with Crippen LogP contribution in [0.2, 0.25) is 0 Å². The lowest BCUT2D eigenvalue weighted by molar-refractivity contribution is -0.315. The van der Waals surface area contributed by atoms with Gasteiger partial charge >= 0.3 is 5.97 Å². The minimum absolute atomic E-state index is 0.123. The van der Waals surface area contributed by atoms with Crippen molar-refractivity contribution < 1.29 is 49.6 Å². The number of cyclic esters (lactones) is 1. The summed E-state index contributed by atoms with van der Waals surface area (Å²) in [5.41, 5.74) is 2.24. The Kier molecular flexibility index (Phi) is 8.89. The van der Waals surface area contributed by atoms with Crippen molar-refractivity contribution in [2.24, 2.45) is 40.4 Å². The Labute approximate surface area is 260 Å². The van der Waals surface area contributed by atoms with Gasteiger partial charge in [0.1, 0.15) is 30.5 Å². The van der Waals surface area contributed by atoms with E-state index in [-0.39, 0.29) is 35.4 Å². The molecule has 6 rings (SSSR count). The molecule has 248 valence electrons. The topological polar surface area (TPSA) is 166 Å². The fraction of sp³-hybridized carbons (Fsp3) is 0.853. The Morgan fingerprint density at radius 2 is 1.77 bits per heavy atom. The summed E-state index contributed by atoms with van der Waals surface area (Å²) in [6.45, 7) is 8.02. The first kappa shape index (κ1) is 32.6. The highest BCUT2D eigenvalue weighted by Crippen LogP contribution is 2.67. The lowest BCUT2D eigenvalue weighted by Crippen LogP contribution is -2.60. The first-order valence-corrected chi connectivity index (χ1v) is 16.7. The van der Waals surface area contributed by atoms with Crippen LogP contribution >= 0.6 is 0 Å². The van der Waals surface area contributed by atoms with Crippen LogP contribution in [0.1, 0.15) is 79.1 Å². The maximum atomic E-state index is 12.6. The van der Waals surface area contributed by atoms with E-state index in [0.29, 0.717) is 48.5 Å². The zero-order valence-electron chi connectivity index (χ0n) is 26.5. The average molecular weight is 621 g/mol. The van der Waals surface area contributed by atoms with Crippen LogP contribution in [0, 0.1) is 40.4 Å². The number of carbonyl (C=O) groups excluding carboxylic acids is 1. The van der Waals surface area contributed by atoms with Gasteiger partial charge in [-0.3, -0.25) is 0 Å². The smallest absolute Gasteiger partial charge is 0.336 e. The summed E-state index contributed by atoms with van der Waals surface area (Å²) in [4.78, 5) is 12.6. The van der Waals surface area contributed by atoms with Crippen molar-refractivity contribution in [3.8, 4) is 0 Å². The van der Waals surface area contributed by atoms with Crippen LogP contribution < -0.4 is 0 Å². The summed E-state index contributed by atoms with van der Waals surface area (Å²) in [5, 5.41) is 61.7. The molecule has 10 unspecified atom stereocenters. The second-order valence-corrected chi connectivity index (χ2v) is 15.2. The summed E-state index contributed by atoms with van der Waals surface area (Å²) >= 11 is 0. The molecule has 0 aromatic rings. The number of carbonyl (C=O) groups is 1. The molecule has 4 aliphatic carbocycles. The number of esters is 1. The van der Waals surface area contributed by atoms with Gasteiger partial charge in [0.05, 0.1) is 31.0 Å². The summed E-state index contributed by atoms with van der Waals surface area (Å²) < 4.78 is 17.6. The van der Waals surface area contributed by atoms with E-state index in [4.69, 9.17) is 14.2 Å². The molecule has 0 radical (unpaired) electrons. The molecule has 6 N–H and O–H groups in total. The van der Waals surface area contributed by atoms with Gasteiger partial charge in [-0.2, -0.15) is 0 Å². The number of hydrogen-bond donors (Lipinski definition) is 6. The third kappa shape index (κ3) is 5.03. The van der Waals surface area contributed by atoms with Crippen LogP contribution in [0.3, 0.4) is 0 Å². The number of fused-ring (bicyclic) bond motifs is 5. The van der Waals surface area contributed by atoms with Gasteiger partial charge in [-0.15, -0.1) is 0 Å². The predicted octanol–water partition coefficient (Wildman–Crippen LogP) is 1.98. The summed E-state index contributed by atoms with van der Waals surface area (Å²) in [6, 6.07) is 0. The van der Waals surface area contributed by atoms with E-state index in [0.717, 1.165) is 37.7 Å². The Balaban J connectivity index is 1.16. The molecule has 44 heavy (non-hydrogen) atoms. The summed E-state index contributed by atoms with van der Waals surface area (Å²) in [5.74, 6) is 1.57. The van der Waals surface area contributed by atoms with Gasteiger partial charge < -0.3 is 44.8 Å². The van der Waals surface area contributed by atoms with Gasteiger partial charge in [0.25, 0.3) is 0 Å². The third-order valence-electron chi connectivity index (χ3n) is 13.3. The quantitative estimate of drug-likeness (QED) is 0.191. The molecule has 3 saturated carbocycles. The van der Waals surface area contributed by atoms with Crippen molar-refractivity contribution in [1.29, 1.82) is 0 Å². The van der Waals surface area contributed by atoms with Gasteiger partial charge in [0, 0.05) is 18.3 Å². The Bertz CT molecular complexity index is 1170. The third-order valence-corrected chi connectivity index (χ3v) is 13.3. The SMILES string of the molecule is CC1=C(CO)C(=O)OC([C@H](C)C2CCC3C4CC=C5C[C@@H](OC6OC(CO)C(O)C(O)C6O)C[C@H](O)[C@]5(C)C4CC[C@@]32C)C1. The zero-order chi connectivity index (χ0) is 31.7. The van der Waals surface area contributed by atoms with Crippen molar-refractivity contribution >= 4 is 5.97 Å². The van der Waals surface area contributed by atoms with E-state index in [1.807, 2.05) is 6.92 Å². The van der Waals surface area contributed by atoms with E-state index in [9.17, 15) is 35.4 Å². The minimum Gasteiger partial charge on any atom is -0.458 e. The predicted molar refractivity (Wildman–Crippen MR) is 159 cm³/mol. The normalized spacial score (nSPS) is 49.9. The lowest BCUT2D eigenvalue weighted by Gasteiger charge is -2.60. The van der Waals surface area contributed by atoms with Crippen molar-refractivity contribution in [1.82, 2.24) is 0 Å². The maximum absolute atomic E-state index is 12.6. The average Bonchev–Trinajstić information content (AvgIpc) is 3.34. The number of hydrogen-bond acceptors (Lipinski definition) is 10. The molecule has 10 nitrogen and oxygen atoms in total. The first-order valence-electron chi connectivity index (χ1n) is 16.7. The number of allylic oxidation sites excluding steroid dienone is 1. The molecular formula is C34H52O10. The lowest BCUT2D eigenvalue weighted by atomic mass is 9.46. The highest BCUT2D eigenvalue weighted by molar-refractivity contribution is 5.90. The van der Waals surface area contributed by atoms with Gasteiger partial charge in [0.15, 0.2) is 6.29 Å². The molecule has 0 amide bonds. The van der Waals surface area contributed by atoms with E-state index in [1.54, 1.807) is 0 Å². The van der Waals surface area contributed by atoms with Crippen LogP contribution in [0.5, 0.6) is 0 Å². The van der Waals surface area contributed by atoms with Gasteiger partial charge in [-0.1, -0.05) is 38.0 Å². The van der Waals surface area contributed by atoms with Crippen LogP contribution in [0.15, 0.2) is 22.8 Å². The zero-order valence-corrected chi connectivity index (χ0v) is 26.5. The summed E-state index contributed by atoms with van der Waals surface area (Å²) in [6.07, 6.45) is 1.26. The number of aliphatic hydroxyl groups is 6. The summed E-state index contributed by atoms with van der Waals surface area (Å²) in [7, 11) is 0. The molecular weight excluding hydrogens is 568 g/mol. The molecule has 0 aromatic carbocycles. The molecule has 0 aromatic heterocycles. The van der Waals surface area contributed by atoms with Gasteiger partial charge in [-0.25, -0.2) is 4.79 Å². The number of rotatable bonds is 6. The Morgan fingerprint density at radius 1 is 1.02 bits per heavy atom. The minimum atomic E-state index is -1.50. The highest BCUT2D eigenvalue weighted by atomic mass is 16.7. The van der Waals surface area contributed by atoms with Crippen molar-refractivity contribution in [2.75, 3.05) is 13.2 Å². The molecule has 2 heterocycles. The molecule has 6 aliphatic rings. The molecule has 1 saturated heterocycles. The Hall–Kier alpha value is -1.37. The van der Waals surface area contributed by atoms with Crippen LogP contribution in [0.25, 0.3) is 0 Å². The van der Waals surface area contributed by atoms with E-state index in [2.05, 4.69) is 26.8 Å². The van der Waals surface area contributed by atoms with Crippen molar-refractivity contribution in [2.45, 2.75) is 128 Å². The Morgan fingerprint density at radius 3 is 2.45 bits per heavy atom. The first-order chi connectivity index (χ1) is 20.8. The molecule has 0 spiro atoms. The molecule has 4 fully saturated rings.